The Morgan fingerprint density at radius 1 is 1.25 bits per heavy atom. The normalized spacial score (nSPS) is 13.4. The van der Waals surface area contributed by atoms with E-state index in [1.165, 1.54) is 11.8 Å². The first-order valence-electron chi connectivity index (χ1n) is 6.27. The number of benzene rings is 1. The van der Waals surface area contributed by atoms with Crippen LogP contribution in [0.15, 0.2) is 23.1 Å². The lowest BCUT2D eigenvalue weighted by molar-refractivity contribution is -0.119. The van der Waals surface area contributed by atoms with Gasteiger partial charge < -0.3 is 15.2 Å². The number of amides is 3. The van der Waals surface area contributed by atoms with Crippen molar-refractivity contribution in [1.82, 2.24) is 5.32 Å². The van der Waals surface area contributed by atoms with Crippen molar-refractivity contribution in [3.05, 3.63) is 18.2 Å². The van der Waals surface area contributed by atoms with E-state index in [4.69, 9.17) is 15.2 Å². The molecule has 1 aliphatic rings. The summed E-state index contributed by atoms with van der Waals surface area (Å²) in [5, 5.41) is 2.03. The highest BCUT2D eigenvalue weighted by Crippen LogP contribution is 2.33. The van der Waals surface area contributed by atoms with Crippen molar-refractivity contribution in [2.45, 2.75) is 17.7 Å². The van der Waals surface area contributed by atoms with Gasteiger partial charge in [0, 0.05) is 23.5 Å². The molecule has 0 unspecified atom stereocenters. The minimum atomic E-state index is -0.824. The molecule has 0 saturated carbocycles. The molecule has 2 rings (SSSR count). The maximum atomic E-state index is 11.3. The van der Waals surface area contributed by atoms with Crippen LogP contribution in [0.4, 0.5) is 4.79 Å². The zero-order valence-electron chi connectivity index (χ0n) is 10.9. The molecule has 0 fully saturated rings. The molecule has 0 atom stereocenters. The maximum absolute atomic E-state index is 11.3. The number of primary amides is 1. The number of nitrogens with two attached hydrogens (primary N) is 1. The van der Waals surface area contributed by atoms with Gasteiger partial charge in [-0.3, -0.25) is 10.1 Å². The molecule has 1 aliphatic heterocycles. The molecule has 1 aromatic rings. The number of urea groups is 1. The minimum absolute atomic E-state index is 0.224. The average molecular weight is 296 g/mol. The summed E-state index contributed by atoms with van der Waals surface area (Å²) in [6, 6.07) is 4.86. The molecule has 0 aromatic heterocycles. The van der Waals surface area contributed by atoms with E-state index in [9.17, 15) is 9.59 Å². The van der Waals surface area contributed by atoms with E-state index in [0.29, 0.717) is 19.0 Å². The number of fused-ring (bicyclic) bond motifs is 1. The third-order valence-corrected chi connectivity index (χ3v) is 3.57. The molecule has 7 heteroatoms. The Labute approximate surface area is 121 Å². The zero-order chi connectivity index (χ0) is 14.4. The van der Waals surface area contributed by atoms with Crippen molar-refractivity contribution < 1.29 is 19.1 Å². The molecule has 6 nitrogen and oxygen atoms in total. The van der Waals surface area contributed by atoms with Crippen LogP contribution in [-0.4, -0.2) is 30.9 Å². The topological polar surface area (TPSA) is 90.7 Å². The Kier molecular flexibility index (Phi) is 5.11. The Morgan fingerprint density at radius 2 is 2.00 bits per heavy atom. The second-order valence-electron chi connectivity index (χ2n) is 4.17. The van der Waals surface area contributed by atoms with Gasteiger partial charge in [0.15, 0.2) is 11.5 Å². The molecule has 0 bridgehead atoms. The van der Waals surface area contributed by atoms with Crippen LogP contribution >= 0.6 is 11.8 Å². The van der Waals surface area contributed by atoms with Gasteiger partial charge in [-0.25, -0.2) is 4.79 Å². The van der Waals surface area contributed by atoms with Crippen LogP contribution in [0.3, 0.4) is 0 Å². The van der Waals surface area contributed by atoms with Gasteiger partial charge in [-0.2, -0.15) is 0 Å². The van der Waals surface area contributed by atoms with E-state index in [0.717, 1.165) is 22.8 Å². The summed E-state index contributed by atoms with van der Waals surface area (Å²) in [6.45, 7) is 1.30. The molecule has 0 spiro atoms. The fourth-order valence-corrected chi connectivity index (χ4v) is 2.57. The summed E-state index contributed by atoms with van der Waals surface area (Å²) < 4.78 is 11.1. The summed E-state index contributed by atoms with van der Waals surface area (Å²) in [5.41, 5.74) is 4.86. The quantitative estimate of drug-likeness (QED) is 0.822. The predicted molar refractivity (Wildman–Crippen MR) is 75.1 cm³/mol. The minimum Gasteiger partial charge on any atom is -0.490 e. The van der Waals surface area contributed by atoms with Crippen LogP contribution in [0.2, 0.25) is 0 Å². The van der Waals surface area contributed by atoms with Crippen LogP contribution < -0.4 is 20.5 Å². The standard InChI is InChI=1S/C13H16N2O4S/c14-13(17)15-12(16)4-7-20-9-2-3-10-11(8-9)19-6-1-5-18-10/h2-3,8H,1,4-7H2,(H3,14,15,16,17). The van der Waals surface area contributed by atoms with Crippen LogP contribution in [0.5, 0.6) is 11.5 Å². The lowest BCUT2D eigenvalue weighted by atomic mass is 10.3. The van der Waals surface area contributed by atoms with E-state index < -0.39 is 6.03 Å². The first kappa shape index (κ1) is 14.5. The van der Waals surface area contributed by atoms with Gasteiger partial charge in [0.25, 0.3) is 0 Å². The molecular formula is C13H16N2O4S. The number of ether oxygens (including phenoxy) is 2. The summed E-state index contributed by atoms with van der Waals surface area (Å²) in [5.74, 6) is 1.66. The van der Waals surface area contributed by atoms with Gasteiger partial charge in [0.05, 0.1) is 13.2 Å². The fourth-order valence-electron chi connectivity index (χ4n) is 1.69. The summed E-state index contributed by atoms with van der Waals surface area (Å²) in [6.07, 6.45) is 1.09. The Morgan fingerprint density at radius 3 is 2.75 bits per heavy atom. The molecule has 20 heavy (non-hydrogen) atoms. The molecular weight excluding hydrogens is 280 g/mol. The highest BCUT2D eigenvalue weighted by Gasteiger charge is 2.11. The Balaban J connectivity index is 1.86. The second kappa shape index (κ2) is 7.04. The van der Waals surface area contributed by atoms with E-state index in [1.54, 1.807) is 0 Å². The van der Waals surface area contributed by atoms with Crippen LogP contribution in [0.1, 0.15) is 12.8 Å². The number of imide groups is 1. The number of carbonyl (C=O) groups excluding carboxylic acids is 2. The van der Waals surface area contributed by atoms with Crippen molar-refractivity contribution in [1.29, 1.82) is 0 Å². The number of rotatable bonds is 4. The van der Waals surface area contributed by atoms with Gasteiger partial charge in [0.2, 0.25) is 5.91 Å². The van der Waals surface area contributed by atoms with E-state index in [2.05, 4.69) is 0 Å². The van der Waals surface area contributed by atoms with Crippen LogP contribution in [0.25, 0.3) is 0 Å². The Hall–Kier alpha value is -1.89. The number of carbonyl (C=O) groups is 2. The molecule has 3 amide bonds. The van der Waals surface area contributed by atoms with Gasteiger partial charge in [-0.1, -0.05) is 0 Å². The van der Waals surface area contributed by atoms with Crippen molar-refractivity contribution in [2.24, 2.45) is 5.73 Å². The summed E-state index contributed by atoms with van der Waals surface area (Å²) >= 11 is 1.51. The van der Waals surface area contributed by atoms with Gasteiger partial charge in [0.1, 0.15) is 0 Å². The van der Waals surface area contributed by atoms with E-state index >= 15 is 0 Å². The largest absolute Gasteiger partial charge is 0.490 e. The molecule has 1 heterocycles. The first-order chi connectivity index (χ1) is 9.65. The van der Waals surface area contributed by atoms with Crippen molar-refractivity contribution in [2.75, 3.05) is 19.0 Å². The molecule has 0 radical (unpaired) electrons. The number of hydrogen-bond donors (Lipinski definition) is 2. The van der Waals surface area contributed by atoms with Gasteiger partial charge in [-0.05, 0) is 18.2 Å². The highest BCUT2D eigenvalue weighted by atomic mass is 32.2. The zero-order valence-corrected chi connectivity index (χ0v) is 11.7. The van der Waals surface area contributed by atoms with Crippen LogP contribution in [-0.2, 0) is 4.79 Å². The smallest absolute Gasteiger partial charge is 0.318 e. The van der Waals surface area contributed by atoms with Crippen molar-refractivity contribution >= 4 is 23.7 Å². The molecule has 0 saturated heterocycles. The van der Waals surface area contributed by atoms with Gasteiger partial charge in [-0.15, -0.1) is 11.8 Å². The highest BCUT2D eigenvalue weighted by molar-refractivity contribution is 7.99. The monoisotopic (exact) mass is 296 g/mol. The van der Waals surface area contributed by atoms with Crippen molar-refractivity contribution in [3.8, 4) is 11.5 Å². The van der Waals surface area contributed by atoms with Crippen LogP contribution in [0, 0.1) is 0 Å². The molecule has 108 valence electrons. The fraction of sp³-hybridized carbons (Fsp3) is 0.385. The lowest BCUT2D eigenvalue weighted by Crippen LogP contribution is -2.35. The third kappa shape index (κ3) is 4.34. The lowest BCUT2D eigenvalue weighted by Gasteiger charge is -2.09. The molecule has 3 N–H and O–H groups in total. The van der Waals surface area contributed by atoms with E-state index in [-0.39, 0.29) is 12.3 Å². The number of hydrogen-bond acceptors (Lipinski definition) is 5. The maximum Gasteiger partial charge on any atom is 0.318 e. The summed E-state index contributed by atoms with van der Waals surface area (Å²) in [4.78, 5) is 22.7. The number of thioether (sulfide) groups is 1. The SMILES string of the molecule is NC(=O)NC(=O)CCSc1ccc2c(c1)OCCCO2. The average Bonchev–Trinajstić information content (AvgIpc) is 2.62. The Bertz CT molecular complexity index is 507. The number of nitrogens with one attached hydrogen (secondary N) is 1. The predicted octanol–water partition coefficient (Wildman–Crippen LogP) is 1.52. The summed E-state index contributed by atoms with van der Waals surface area (Å²) in [7, 11) is 0. The second-order valence-corrected chi connectivity index (χ2v) is 5.34. The first-order valence-corrected chi connectivity index (χ1v) is 7.25. The molecule has 0 aliphatic carbocycles. The van der Waals surface area contributed by atoms with E-state index in [1.807, 2.05) is 23.5 Å². The third-order valence-electron chi connectivity index (χ3n) is 2.58. The van der Waals surface area contributed by atoms with Crippen molar-refractivity contribution in [3.63, 3.8) is 0 Å². The van der Waals surface area contributed by atoms with Gasteiger partial charge >= 0.3 is 6.03 Å². The molecule has 1 aromatic carbocycles.